The molecule has 2 heterocycles. The van der Waals surface area contributed by atoms with E-state index in [4.69, 9.17) is 0 Å². The fourth-order valence-corrected chi connectivity index (χ4v) is 5.56. The van der Waals surface area contributed by atoms with E-state index in [1.165, 1.54) is 12.1 Å². The number of allylic oxidation sites excluding steroid dienone is 1. The van der Waals surface area contributed by atoms with E-state index < -0.39 is 5.97 Å². The van der Waals surface area contributed by atoms with Gasteiger partial charge < -0.3 is 10.4 Å². The van der Waals surface area contributed by atoms with Crippen LogP contribution in [-0.4, -0.2) is 26.3 Å². The Labute approximate surface area is 198 Å². The lowest BCUT2D eigenvalue weighted by Crippen LogP contribution is -2.31. The summed E-state index contributed by atoms with van der Waals surface area (Å²) in [6.45, 7) is 6.86. The number of hydrogen-bond acceptors (Lipinski definition) is 4. The van der Waals surface area contributed by atoms with Gasteiger partial charge in [0, 0.05) is 48.0 Å². The smallest absolute Gasteiger partial charge is 0.304 e. The minimum absolute atomic E-state index is 0.0553. The molecule has 1 aliphatic carbocycles. The van der Waals surface area contributed by atoms with Crippen molar-refractivity contribution in [2.45, 2.75) is 46.6 Å². The van der Waals surface area contributed by atoms with Crippen LogP contribution >= 0.6 is 0 Å². The van der Waals surface area contributed by atoms with Gasteiger partial charge in [-0.3, -0.25) is 14.4 Å². The highest BCUT2D eigenvalue weighted by Gasteiger charge is 2.39. The summed E-state index contributed by atoms with van der Waals surface area (Å²) in [5, 5.41) is 12.8. The Hall–Kier alpha value is -3.48. The molecule has 1 aromatic heterocycles. The van der Waals surface area contributed by atoms with Crippen molar-refractivity contribution in [3.8, 4) is 5.69 Å². The number of aryl methyl sites for hydroxylation is 1. The molecule has 0 spiro atoms. The highest BCUT2D eigenvalue weighted by molar-refractivity contribution is 5.94. The lowest BCUT2D eigenvalue weighted by Gasteiger charge is -2.28. The van der Waals surface area contributed by atoms with Crippen LogP contribution in [0.5, 0.6) is 0 Å². The molecule has 0 amide bonds. The Bertz CT molecular complexity index is 1340. The first-order valence-corrected chi connectivity index (χ1v) is 11.8. The zero-order valence-electron chi connectivity index (χ0n) is 19.7. The number of carbonyl (C=O) groups is 1. The molecule has 6 nitrogen and oxygen atoms in total. The summed E-state index contributed by atoms with van der Waals surface area (Å²) in [6, 6.07) is 10.8. The molecule has 34 heavy (non-hydrogen) atoms. The number of carboxylic acid groups (broad SMARTS) is 1. The molecule has 7 heteroatoms. The predicted octanol–water partition coefficient (Wildman–Crippen LogP) is 5.30. The van der Waals surface area contributed by atoms with Gasteiger partial charge in [-0.2, -0.15) is 0 Å². The number of nitrogens with zero attached hydrogens (tertiary/aromatic N) is 3. The standard InChI is InChI=1S/C27H29FN4O2/c1-15-19(5-4-6-24(15)32-17(3)31-22-10-8-20(28)12-25(22)32)13-29-23-14-30-27-18(11-26(33)34)7-9-21(27)16(23)2/h4-6,8,10,12,14,16,18,21,29H,7,9,11,13H2,1-3H3,(H,33,34). The Morgan fingerprint density at radius 1 is 1.24 bits per heavy atom. The predicted molar refractivity (Wildman–Crippen MR) is 130 cm³/mol. The largest absolute Gasteiger partial charge is 0.481 e. The van der Waals surface area contributed by atoms with Gasteiger partial charge in [0.25, 0.3) is 0 Å². The minimum Gasteiger partial charge on any atom is -0.481 e. The fourth-order valence-electron chi connectivity index (χ4n) is 5.56. The van der Waals surface area contributed by atoms with Crippen LogP contribution < -0.4 is 5.32 Å². The topological polar surface area (TPSA) is 79.5 Å². The molecule has 1 fully saturated rings. The highest BCUT2D eigenvalue weighted by Crippen LogP contribution is 2.40. The van der Waals surface area contributed by atoms with Crippen LogP contribution in [0.3, 0.4) is 0 Å². The molecule has 2 aliphatic rings. The summed E-state index contributed by atoms with van der Waals surface area (Å²) in [6.07, 6.45) is 3.92. The summed E-state index contributed by atoms with van der Waals surface area (Å²) < 4.78 is 16.0. The monoisotopic (exact) mass is 460 g/mol. The van der Waals surface area contributed by atoms with Crippen LogP contribution in [0, 0.1) is 37.4 Å². The lowest BCUT2D eigenvalue weighted by molar-refractivity contribution is -0.137. The van der Waals surface area contributed by atoms with Crippen molar-refractivity contribution in [3.05, 3.63) is 71.1 Å². The van der Waals surface area contributed by atoms with Crippen molar-refractivity contribution >= 4 is 22.7 Å². The molecule has 0 saturated heterocycles. The SMILES string of the molecule is Cc1c(CNC2=CN=C3C(CC(=O)O)CCC3C2C)cccc1-n1c(C)nc2ccc(F)cc21. The van der Waals surface area contributed by atoms with E-state index in [1.54, 1.807) is 6.07 Å². The zero-order chi connectivity index (χ0) is 24.0. The summed E-state index contributed by atoms with van der Waals surface area (Å²) in [7, 11) is 0. The maximum atomic E-state index is 14.0. The first-order valence-electron chi connectivity index (χ1n) is 11.8. The van der Waals surface area contributed by atoms with Gasteiger partial charge in [-0.25, -0.2) is 9.37 Å². The summed E-state index contributed by atoms with van der Waals surface area (Å²) in [5.41, 5.74) is 6.91. The molecule has 2 N–H and O–H groups in total. The van der Waals surface area contributed by atoms with Crippen LogP contribution in [0.2, 0.25) is 0 Å². The molecular formula is C27H29FN4O2. The van der Waals surface area contributed by atoms with E-state index >= 15 is 0 Å². The first kappa shape index (κ1) is 22.3. The highest BCUT2D eigenvalue weighted by atomic mass is 19.1. The number of fused-ring (bicyclic) bond motifs is 2. The number of aliphatic imine (C=N–C) groups is 1. The van der Waals surface area contributed by atoms with Gasteiger partial charge >= 0.3 is 5.97 Å². The lowest BCUT2D eigenvalue weighted by atomic mass is 9.85. The van der Waals surface area contributed by atoms with Crippen molar-refractivity contribution < 1.29 is 14.3 Å². The van der Waals surface area contributed by atoms with Gasteiger partial charge in [0.2, 0.25) is 0 Å². The number of aliphatic carboxylic acids is 1. The van der Waals surface area contributed by atoms with E-state index in [0.29, 0.717) is 12.5 Å². The molecule has 2 aromatic carbocycles. The van der Waals surface area contributed by atoms with Crippen molar-refractivity contribution in [2.75, 3.05) is 0 Å². The quantitative estimate of drug-likeness (QED) is 0.523. The van der Waals surface area contributed by atoms with Gasteiger partial charge in [-0.05, 0) is 56.0 Å². The van der Waals surface area contributed by atoms with E-state index in [1.807, 2.05) is 29.8 Å². The van der Waals surface area contributed by atoms with Crippen LogP contribution in [-0.2, 0) is 11.3 Å². The molecule has 1 aliphatic heterocycles. The van der Waals surface area contributed by atoms with Crippen molar-refractivity contribution in [2.24, 2.45) is 22.7 Å². The summed E-state index contributed by atoms with van der Waals surface area (Å²) in [4.78, 5) is 20.5. The number of rotatable bonds is 6. The number of imidazole rings is 1. The molecular weight excluding hydrogens is 431 g/mol. The summed E-state index contributed by atoms with van der Waals surface area (Å²) >= 11 is 0. The van der Waals surface area contributed by atoms with E-state index in [2.05, 4.69) is 35.2 Å². The van der Waals surface area contributed by atoms with Crippen molar-refractivity contribution in [1.82, 2.24) is 14.9 Å². The van der Waals surface area contributed by atoms with E-state index in [0.717, 1.165) is 57.9 Å². The van der Waals surface area contributed by atoms with Crippen molar-refractivity contribution in [1.29, 1.82) is 0 Å². The second kappa shape index (κ2) is 8.70. The molecule has 3 unspecified atom stereocenters. The Morgan fingerprint density at radius 2 is 2.06 bits per heavy atom. The van der Waals surface area contributed by atoms with Gasteiger partial charge in [-0.1, -0.05) is 19.1 Å². The molecule has 5 rings (SSSR count). The second-order valence-corrected chi connectivity index (χ2v) is 9.45. The molecule has 3 aromatic rings. The first-order chi connectivity index (χ1) is 16.3. The number of aromatic nitrogens is 2. The molecule has 3 atom stereocenters. The third-order valence-electron chi connectivity index (χ3n) is 7.42. The Morgan fingerprint density at radius 3 is 2.85 bits per heavy atom. The van der Waals surface area contributed by atoms with Crippen molar-refractivity contribution in [3.63, 3.8) is 0 Å². The maximum absolute atomic E-state index is 14.0. The van der Waals surface area contributed by atoms with Crippen LogP contribution in [0.15, 0.2) is 53.3 Å². The van der Waals surface area contributed by atoms with Crippen LogP contribution in [0.4, 0.5) is 4.39 Å². The molecule has 0 bridgehead atoms. The minimum atomic E-state index is -0.757. The number of benzene rings is 2. The number of hydrogen-bond donors (Lipinski definition) is 2. The number of carboxylic acids is 1. The van der Waals surface area contributed by atoms with Gasteiger partial charge in [0.1, 0.15) is 11.6 Å². The second-order valence-electron chi connectivity index (χ2n) is 9.45. The third-order valence-corrected chi connectivity index (χ3v) is 7.42. The van der Waals surface area contributed by atoms with E-state index in [9.17, 15) is 14.3 Å². The average Bonchev–Trinajstić information content (AvgIpc) is 3.34. The Kier molecular flexibility index (Phi) is 5.71. The molecule has 176 valence electrons. The third kappa shape index (κ3) is 3.89. The van der Waals surface area contributed by atoms with Gasteiger partial charge in [0.15, 0.2) is 0 Å². The number of halogens is 1. The Balaban J connectivity index is 1.39. The van der Waals surface area contributed by atoms with Gasteiger partial charge in [-0.15, -0.1) is 0 Å². The number of nitrogens with one attached hydrogen (secondary N) is 1. The summed E-state index contributed by atoms with van der Waals surface area (Å²) in [5.74, 6) is 0.417. The van der Waals surface area contributed by atoms with Crippen LogP contribution in [0.1, 0.15) is 43.1 Å². The zero-order valence-corrected chi connectivity index (χ0v) is 19.7. The normalized spacial score (nSPS) is 21.8. The molecule has 1 saturated carbocycles. The molecule has 0 radical (unpaired) electrons. The fraction of sp³-hybridized carbons (Fsp3) is 0.370. The van der Waals surface area contributed by atoms with Crippen LogP contribution in [0.25, 0.3) is 16.7 Å². The van der Waals surface area contributed by atoms with E-state index in [-0.39, 0.29) is 24.1 Å². The maximum Gasteiger partial charge on any atom is 0.304 e. The average molecular weight is 461 g/mol. The van der Waals surface area contributed by atoms with Gasteiger partial charge in [0.05, 0.1) is 23.1 Å².